The molecule has 2 aliphatic rings. The van der Waals surface area contributed by atoms with Gasteiger partial charge in [0.25, 0.3) is 0 Å². The van der Waals surface area contributed by atoms with Gasteiger partial charge in [0, 0.05) is 50.0 Å². The first-order valence-electron chi connectivity index (χ1n) is 20.3. The minimum absolute atomic E-state index is 0.442. The summed E-state index contributed by atoms with van der Waals surface area (Å²) in [6, 6.07) is 21.2. The van der Waals surface area contributed by atoms with Crippen molar-refractivity contribution in [3.8, 4) is 16.9 Å². The van der Waals surface area contributed by atoms with Gasteiger partial charge in [-0.25, -0.2) is 9.97 Å². The highest BCUT2D eigenvalue weighted by atomic mass is 32.2. The zero-order valence-corrected chi connectivity index (χ0v) is 33.9. The van der Waals surface area contributed by atoms with Crippen molar-refractivity contribution in [3.05, 3.63) is 89.3 Å². The summed E-state index contributed by atoms with van der Waals surface area (Å²) in [4.78, 5) is 16.8. The molecule has 1 unspecified atom stereocenters. The number of hydrogen-bond acceptors (Lipinski definition) is 7. The molecule has 0 saturated carbocycles. The van der Waals surface area contributed by atoms with Gasteiger partial charge in [-0.1, -0.05) is 38.5 Å². The second kappa shape index (κ2) is 18.6. The van der Waals surface area contributed by atoms with E-state index in [1.54, 1.807) is 0 Å². The van der Waals surface area contributed by atoms with E-state index in [1.165, 1.54) is 16.8 Å². The lowest BCUT2D eigenvalue weighted by Crippen LogP contribution is -2.34. The Hall–Kier alpha value is -4.25. The first-order valence-corrected chi connectivity index (χ1v) is 21.6. The van der Waals surface area contributed by atoms with Crippen LogP contribution in [0.25, 0.3) is 33.8 Å². The van der Waals surface area contributed by atoms with Gasteiger partial charge in [0.1, 0.15) is 24.0 Å². The molecule has 0 aliphatic carbocycles. The van der Waals surface area contributed by atoms with E-state index in [4.69, 9.17) is 19.2 Å². The van der Waals surface area contributed by atoms with Crippen LogP contribution in [0.4, 0.5) is 5.69 Å². The lowest BCUT2D eigenvalue weighted by atomic mass is 9.94. The quantitative estimate of drug-likeness (QED) is 0.100. The molecule has 2 aliphatic heterocycles. The number of nitrogens with one attached hydrogen (secondary N) is 1. The van der Waals surface area contributed by atoms with Crippen molar-refractivity contribution in [2.45, 2.75) is 89.8 Å². The fourth-order valence-corrected chi connectivity index (χ4v) is 9.11. The minimum Gasteiger partial charge on any atom is -0.491 e. The molecule has 4 heterocycles. The molecule has 1 saturated heterocycles. The van der Waals surface area contributed by atoms with E-state index in [9.17, 15) is 4.21 Å². The molecule has 1 fully saturated rings. The molecule has 0 amide bonds. The average Bonchev–Trinajstić information content (AvgIpc) is 3.74. The largest absolute Gasteiger partial charge is 0.491 e. The van der Waals surface area contributed by atoms with Crippen LogP contribution < -0.4 is 9.64 Å². The summed E-state index contributed by atoms with van der Waals surface area (Å²) < 4.78 is 33.3. The summed E-state index contributed by atoms with van der Waals surface area (Å²) in [5, 5.41) is 0. The number of anilines is 1. The monoisotopic (exact) mass is 763 g/mol. The summed E-state index contributed by atoms with van der Waals surface area (Å²) in [5.74, 6) is 3.78. The van der Waals surface area contributed by atoms with Crippen molar-refractivity contribution in [2.24, 2.45) is 5.92 Å². The summed E-state index contributed by atoms with van der Waals surface area (Å²) in [5.41, 5.74) is 9.75. The van der Waals surface area contributed by atoms with E-state index in [2.05, 4.69) is 69.7 Å². The molecule has 0 spiro atoms. The molecule has 1 atom stereocenters. The van der Waals surface area contributed by atoms with E-state index in [0.717, 1.165) is 140 Å². The van der Waals surface area contributed by atoms with Crippen molar-refractivity contribution >= 4 is 39.2 Å². The van der Waals surface area contributed by atoms with Crippen LogP contribution >= 0.6 is 0 Å². The Bertz CT molecular complexity index is 2100. The fourth-order valence-electron chi connectivity index (χ4n) is 7.86. The maximum absolute atomic E-state index is 13.7. The number of aromatic nitrogens is 4. The highest BCUT2D eigenvalue weighted by Crippen LogP contribution is 2.36. The zero-order valence-electron chi connectivity index (χ0n) is 33.1. The summed E-state index contributed by atoms with van der Waals surface area (Å²) in [7, 11) is -1.22. The number of nitrogens with zero attached hydrogens (tertiary/aromatic N) is 4. The number of rotatable bonds is 16. The number of hydrogen-bond donors (Lipinski definition) is 1. The third kappa shape index (κ3) is 9.59. The molecular formula is C45H57N5O4S. The van der Waals surface area contributed by atoms with Crippen LogP contribution in [0.1, 0.15) is 87.4 Å². The standard InChI is InChI=1S/C45H57N5O4S/c1-5-7-22-52-25-26-54-39-13-10-35(11-14-39)36-12-17-43-38(27-36)28-37(9-8-21-49(43)30-34-18-23-53-24-19-34)45-47-41-16-15-40(29-42(41)48-45)55(51)31-44-32(3)46-33(4)50(44)20-6-2/h10-17,27-29,34H,5-9,18-26,30-31H2,1-4H3,(H,47,48)/b37-28+. The van der Waals surface area contributed by atoms with Gasteiger partial charge in [-0.3, -0.25) is 4.21 Å². The number of imidazole rings is 2. The second-order valence-electron chi connectivity index (χ2n) is 15.0. The predicted molar refractivity (Wildman–Crippen MR) is 224 cm³/mol. The van der Waals surface area contributed by atoms with Crippen LogP contribution in [0.15, 0.2) is 65.6 Å². The number of aryl methyl sites for hydroxylation is 2. The molecule has 2 aromatic heterocycles. The van der Waals surface area contributed by atoms with Crippen molar-refractivity contribution in [1.29, 1.82) is 0 Å². The fraction of sp³-hybridized carbons (Fsp3) is 0.467. The average molecular weight is 764 g/mol. The Labute approximate surface area is 329 Å². The van der Waals surface area contributed by atoms with Gasteiger partial charge in [-0.2, -0.15) is 0 Å². The van der Waals surface area contributed by atoms with Gasteiger partial charge < -0.3 is 28.7 Å². The maximum atomic E-state index is 13.7. The summed E-state index contributed by atoms with van der Waals surface area (Å²) in [6.45, 7) is 14.9. The Morgan fingerprint density at radius 1 is 0.927 bits per heavy atom. The number of fused-ring (bicyclic) bond motifs is 2. The van der Waals surface area contributed by atoms with E-state index < -0.39 is 10.8 Å². The molecule has 3 aromatic carbocycles. The van der Waals surface area contributed by atoms with Crippen molar-refractivity contribution < 1.29 is 18.4 Å². The van der Waals surface area contributed by atoms with Gasteiger partial charge in [-0.15, -0.1) is 0 Å². The Kier molecular flexibility index (Phi) is 13.2. The lowest BCUT2D eigenvalue weighted by Gasteiger charge is -2.33. The molecule has 5 aromatic rings. The number of unbranched alkanes of at least 4 members (excludes halogenated alkanes) is 1. The number of aromatic amines is 1. The van der Waals surface area contributed by atoms with Crippen molar-refractivity contribution in [2.75, 3.05) is 51.0 Å². The number of ether oxygens (including phenoxy) is 3. The van der Waals surface area contributed by atoms with Crippen LogP contribution in [-0.2, 0) is 32.6 Å². The Morgan fingerprint density at radius 3 is 2.55 bits per heavy atom. The number of benzene rings is 3. The molecule has 0 radical (unpaired) electrons. The molecule has 7 rings (SSSR count). The molecular weight excluding hydrogens is 707 g/mol. The molecule has 292 valence electrons. The van der Waals surface area contributed by atoms with E-state index >= 15 is 0 Å². The van der Waals surface area contributed by atoms with Gasteiger partial charge in [0.15, 0.2) is 0 Å². The summed E-state index contributed by atoms with van der Waals surface area (Å²) in [6.07, 6.45) is 9.70. The van der Waals surface area contributed by atoms with Gasteiger partial charge in [-0.05, 0) is 129 Å². The zero-order chi connectivity index (χ0) is 38.1. The number of allylic oxidation sites excluding steroid dienone is 1. The van der Waals surface area contributed by atoms with E-state index in [0.29, 0.717) is 24.9 Å². The summed E-state index contributed by atoms with van der Waals surface area (Å²) >= 11 is 0. The predicted octanol–water partition coefficient (Wildman–Crippen LogP) is 9.52. The Morgan fingerprint density at radius 2 is 1.75 bits per heavy atom. The lowest BCUT2D eigenvalue weighted by molar-refractivity contribution is 0.0682. The van der Waals surface area contributed by atoms with Crippen LogP contribution in [0.3, 0.4) is 0 Å². The third-order valence-corrected chi connectivity index (χ3v) is 12.2. The van der Waals surface area contributed by atoms with Crippen LogP contribution in [0, 0.1) is 19.8 Å². The molecule has 1 N–H and O–H groups in total. The first-order chi connectivity index (χ1) is 26.9. The smallest absolute Gasteiger partial charge is 0.134 e. The molecule has 55 heavy (non-hydrogen) atoms. The highest BCUT2D eigenvalue weighted by molar-refractivity contribution is 7.84. The SMILES string of the molecule is CCCCOCCOc1ccc(-c2ccc3c(c2)/C=C(/c2nc4ccc(S(=O)Cc5c(C)nc(C)n5CCC)cc4[nH]2)CCCN3CC2CCOCC2)cc1. The molecule has 10 heteroatoms. The van der Waals surface area contributed by atoms with Crippen LogP contribution in [-0.4, -0.2) is 69.9 Å². The molecule has 0 bridgehead atoms. The van der Waals surface area contributed by atoms with Crippen LogP contribution in [0.2, 0.25) is 0 Å². The normalized spacial score (nSPS) is 16.7. The second-order valence-corrected chi connectivity index (χ2v) is 16.4. The third-order valence-electron chi connectivity index (χ3n) is 10.9. The van der Waals surface area contributed by atoms with E-state index in [-0.39, 0.29) is 0 Å². The van der Waals surface area contributed by atoms with Gasteiger partial charge in [0.05, 0.1) is 45.6 Å². The first kappa shape index (κ1) is 39.0. The Balaban J connectivity index is 1.15. The maximum Gasteiger partial charge on any atom is 0.134 e. The highest BCUT2D eigenvalue weighted by Gasteiger charge is 2.23. The minimum atomic E-state index is -1.22. The van der Waals surface area contributed by atoms with Crippen LogP contribution in [0.5, 0.6) is 5.75 Å². The topological polar surface area (TPSA) is 94.5 Å². The van der Waals surface area contributed by atoms with E-state index in [1.807, 2.05) is 44.2 Å². The number of H-pyrrole nitrogens is 1. The van der Waals surface area contributed by atoms with Crippen molar-refractivity contribution in [1.82, 2.24) is 19.5 Å². The molecule has 9 nitrogen and oxygen atoms in total. The van der Waals surface area contributed by atoms with Gasteiger partial charge in [0.2, 0.25) is 0 Å². The van der Waals surface area contributed by atoms with Gasteiger partial charge >= 0.3 is 0 Å². The van der Waals surface area contributed by atoms with Crippen molar-refractivity contribution in [3.63, 3.8) is 0 Å².